The Morgan fingerprint density at radius 3 is 2.38 bits per heavy atom. The molecule has 0 radical (unpaired) electrons. The minimum absolute atomic E-state index is 0.375. The van der Waals surface area contributed by atoms with Crippen molar-refractivity contribution < 1.29 is 9.53 Å². The fraction of sp³-hybridized carbons (Fsp3) is 0.320. The molecule has 29 heavy (non-hydrogen) atoms. The average molecular weight is 391 g/mol. The van der Waals surface area contributed by atoms with Gasteiger partial charge in [-0.05, 0) is 49.6 Å². The van der Waals surface area contributed by atoms with Crippen LogP contribution < -0.4 is 10.5 Å². The molecule has 1 aromatic heterocycles. The van der Waals surface area contributed by atoms with Crippen LogP contribution in [0.2, 0.25) is 0 Å². The zero-order valence-corrected chi connectivity index (χ0v) is 17.6. The fourth-order valence-corrected chi connectivity index (χ4v) is 3.87. The van der Waals surface area contributed by atoms with Crippen molar-refractivity contribution in [2.75, 3.05) is 0 Å². The van der Waals surface area contributed by atoms with Crippen LogP contribution in [0.1, 0.15) is 54.9 Å². The van der Waals surface area contributed by atoms with Gasteiger partial charge in [-0.1, -0.05) is 57.0 Å². The minimum Gasteiger partial charge on any atom is -0.457 e. The predicted molar refractivity (Wildman–Crippen MR) is 119 cm³/mol. The van der Waals surface area contributed by atoms with E-state index in [0.29, 0.717) is 5.56 Å². The van der Waals surface area contributed by atoms with E-state index in [0.717, 1.165) is 60.5 Å². The molecule has 0 spiro atoms. The SMILES string of the molecule is CCCCn1c(C)c(C(N)=O)c(-c2cccc(Oc3ccccc3)c2)c1CCC. The number of nitrogens with two attached hydrogens (primary N) is 1. The molecule has 3 aromatic rings. The summed E-state index contributed by atoms with van der Waals surface area (Å²) in [5.74, 6) is 1.15. The molecule has 4 nitrogen and oxygen atoms in total. The molecule has 1 heterocycles. The second-order valence-electron chi connectivity index (χ2n) is 7.34. The molecule has 1 amide bonds. The highest BCUT2D eigenvalue weighted by Gasteiger charge is 2.24. The second-order valence-corrected chi connectivity index (χ2v) is 7.34. The van der Waals surface area contributed by atoms with Crippen LogP contribution in [-0.4, -0.2) is 10.5 Å². The summed E-state index contributed by atoms with van der Waals surface area (Å²) in [6, 6.07) is 17.6. The zero-order valence-electron chi connectivity index (χ0n) is 17.6. The van der Waals surface area contributed by atoms with Crippen LogP contribution in [0, 0.1) is 6.92 Å². The summed E-state index contributed by atoms with van der Waals surface area (Å²) in [6.45, 7) is 7.24. The maximum absolute atomic E-state index is 12.4. The Hall–Kier alpha value is -3.01. The standard InChI is InChI=1S/C25H30N2O2/c1-4-6-16-27-18(3)23(25(26)28)24(22(27)11-5-2)19-12-10-15-21(17-19)29-20-13-8-7-9-14-20/h7-10,12-15,17H,4-6,11,16H2,1-3H3,(H2,26,28). The molecule has 0 saturated heterocycles. The number of hydrogen-bond donors (Lipinski definition) is 1. The first-order valence-electron chi connectivity index (χ1n) is 10.4. The fourth-order valence-electron chi connectivity index (χ4n) is 3.87. The van der Waals surface area contributed by atoms with E-state index in [1.54, 1.807) is 0 Å². The van der Waals surface area contributed by atoms with Crippen LogP contribution in [-0.2, 0) is 13.0 Å². The van der Waals surface area contributed by atoms with Gasteiger partial charge in [0, 0.05) is 23.5 Å². The van der Waals surface area contributed by atoms with E-state index >= 15 is 0 Å². The van der Waals surface area contributed by atoms with Gasteiger partial charge in [0.15, 0.2) is 0 Å². The maximum atomic E-state index is 12.4. The van der Waals surface area contributed by atoms with Crippen LogP contribution in [0.4, 0.5) is 0 Å². The number of amides is 1. The van der Waals surface area contributed by atoms with Gasteiger partial charge in [-0.25, -0.2) is 0 Å². The number of unbranched alkanes of at least 4 members (excludes halogenated alkanes) is 1. The summed E-state index contributed by atoms with van der Waals surface area (Å²) in [4.78, 5) is 12.4. The first kappa shape index (κ1) is 20.7. The van der Waals surface area contributed by atoms with Gasteiger partial charge in [0.2, 0.25) is 0 Å². The average Bonchev–Trinajstić information content (AvgIpc) is 2.99. The van der Waals surface area contributed by atoms with Gasteiger partial charge in [0.05, 0.1) is 5.56 Å². The van der Waals surface area contributed by atoms with E-state index in [1.165, 1.54) is 5.69 Å². The molecule has 4 heteroatoms. The van der Waals surface area contributed by atoms with Crippen molar-refractivity contribution in [3.05, 3.63) is 71.5 Å². The Morgan fingerprint density at radius 2 is 1.72 bits per heavy atom. The third kappa shape index (κ3) is 4.53. The molecule has 2 aromatic carbocycles. The quantitative estimate of drug-likeness (QED) is 0.479. The van der Waals surface area contributed by atoms with E-state index < -0.39 is 0 Å². The van der Waals surface area contributed by atoms with Crippen molar-refractivity contribution in [1.29, 1.82) is 0 Å². The summed E-state index contributed by atoms with van der Waals surface area (Å²) < 4.78 is 8.30. The molecule has 2 N–H and O–H groups in total. The van der Waals surface area contributed by atoms with Crippen molar-refractivity contribution in [2.45, 2.75) is 53.0 Å². The molecule has 152 valence electrons. The molecule has 3 rings (SSSR count). The van der Waals surface area contributed by atoms with Gasteiger partial charge >= 0.3 is 0 Å². The number of primary amides is 1. The molecule has 0 aliphatic carbocycles. The van der Waals surface area contributed by atoms with Gasteiger partial charge in [0.25, 0.3) is 5.91 Å². The summed E-state index contributed by atoms with van der Waals surface area (Å²) in [5.41, 5.74) is 10.5. The molecular weight excluding hydrogens is 360 g/mol. The van der Waals surface area contributed by atoms with Crippen LogP contribution >= 0.6 is 0 Å². The number of aromatic nitrogens is 1. The van der Waals surface area contributed by atoms with Crippen molar-refractivity contribution in [3.63, 3.8) is 0 Å². The Kier molecular flexibility index (Phi) is 6.76. The molecule has 0 unspecified atom stereocenters. The van der Waals surface area contributed by atoms with E-state index in [-0.39, 0.29) is 5.91 Å². The topological polar surface area (TPSA) is 57.2 Å². The third-order valence-corrected chi connectivity index (χ3v) is 5.20. The lowest BCUT2D eigenvalue weighted by Gasteiger charge is -2.13. The number of carbonyl (C=O) groups excluding carboxylic acids is 1. The number of nitrogens with zero attached hydrogens (tertiary/aromatic N) is 1. The van der Waals surface area contributed by atoms with Gasteiger partial charge in [-0.2, -0.15) is 0 Å². The number of ether oxygens (including phenoxy) is 1. The molecule has 0 bridgehead atoms. The Morgan fingerprint density at radius 1 is 1.00 bits per heavy atom. The monoisotopic (exact) mass is 390 g/mol. The lowest BCUT2D eigenvalue weighted by Crippen LogP contribution is -2.13. The molecule has 0 fully saturated rings. The van der Waals surface area contributed by atoms with E-state index in [4.69, 9.17) is 10.5 Å². The largest absolute Gasteiger partial charge is 0.457 e. The molecule has 0 atom stereocenters. The third-order valence-electron chi connectivity index (χ3n) is 5.20. The normalized spacial score (nSPS) is 10.9. The summed E-state index contributed by atoms with van der Waals surface area (Å²) >= 11 is 0. The van der Waals surface area contributed by atoms with Crippen molar-refractivity contribution in [3.8, 4) is 22.6 Å². The summed E-state index contributed by atoms with van der Waals surface area (Å²) in [7, 11) is 0. The molecule has 0 saturated carbocycles. The minimum atomic E-state index is -0.375. The Bertz CT molecular complexity index is 974. The Balaban J connectivity index is 2.11. The number of para-hydroxylation sites is 1. The van der Waals surface area contributed by atoms with Crippen LogP contribution in [0.15, 0.2) is 54.6 Å². The van der Waals surface area contributed by atoms with Gasteiger partial charge < -0.3 is 15.0 Å². The lowest BCUT2D eigenvalue weighted by atomic mass is 9.98. The first-order valence-corrected chi connectivity index (χ1v) is 10.4. The van der Waals surface area contributed by atoms with Gasteiger partial charge in [-0.3, -0.25) is 4.79 Å². The summed E-state index contributed by atoms with van der Waals surface area (Å²) in [6.07, 6.45) is 4.07. The predicted octanol–water partition coefficient (Wildman–Crippen LogP) is 6.11. The van der Waals surface area contributed by atoms with E-state index in [2.05, 4.69) is 18.4 Å². The number of benzene rings is 2. The van der Waals surface area contributed by atoms with Crippen molar-refractivity contribution in [2.24, 2.45) is 5.73 Å². The van der Waals surface area contributed by atoms with Crippen LogP contribution in [0.3, 0.4) is 0 Å². The maximum Gasteiger partial charge on any atom is 0.251 e. The zero-order chi connectivity index (χ0) is 20.8. The highest BCUT2D eigenvalue weighted by molar-refractivity contribution is 6.02. The van der Waals surface area contributed by atoms with Crippen LogP contribution in [0.5, 0.6) is 11.5 Å². The second kappa shape index (κ2) is 9.46. The molecule has 0 aliphatic heterocycles. The molecular formula is C25H30N2O2. The van der Waals surface area contributed by atoms with Gasteiger partial charge in [-0.15, -0.1) is 0 Å². The van der Waals surface area contributed by atoms with E-state index in [9.17, 15) is 4.79 Å². The lowest BCUT2D eigenvalue weighted by molar-refractivity contribution is 0.1000. The highest BCUT2D eigenvalue weighted by atomic mass is 16.5. The van der Waals surface area contributed by atoms with Crippen molar-refractivity contribution in [1.82, 2.24) is 4.57 Å². The number of hydrogen-bond acceptors (Lipinski definition) is 2. The van der Waals surface area contributed by atoms with Crippen molar-refractivity contribution >= 4 is 5.91 Å². The van der Waals surface area contributed by atoms with Crippen LogP contribution in [0.25, 0.3) is 11.1 Å². The smallest absolute Gasteiger partial charge is 0.251 e. The number of carbonyl (C=O) groups is 1. The first-order chi connectivity index (χ1) is 14.1. The Labute approximate surface area is 173 Å². The number of rotatable bonds is 9. The highest BCUT2D eigenvalue weighted by Crippen LogP contribution is 2.36. The van der Waals surface area contributed by atoms with Gasteiger partial charge in [0.1, 0.15) is 11.5 Å². The van der Waals surface area contributed by atoms with E-state index in [1.807, 2.05) is 61.5 Å². The molecule has 0 aliphatic rings. The summed E-state index contributed by atoms with van der Waals surface area (Å²) in [5, 5.41) is 0.